The van der Waals surface area contributed by atoms with Gasteiger partial charge in [0.25, 0.3) is 0 Å². The summed E-state index contributed by atoms with van der Waals surface area (Å²) in [6, 6.07) is 15.8. The van der Waals surface area contributed by atoms with E-state index in [0.29, 0.717) is 43.5 Å². The van der Waals surface area contributed by atoms with Crippen molar-refractivity contribution in [3.63, 3.8) is 0 Å². The summed E-state index contributed by atoms with van der Waals surface area (Å²) in [7, 11) is 0. The second-order valence-corrected chi connectivity index (χ2v) is 23.3. The monoisotopic (exact) mass is 1330 g/mol. The zero-order chi connectivity index (χ0) is 31.5. The highest BCUT2D eigenvalue weighted by Gasteiger charge is 2.44. The van der Waals surface area contributed by atoms with E-state index in [0.717, 1.165) is 13.7 Å². The van der Waals surface area contributed by atoms with Crippen LogP contribution in [-0.2, 0) is 10.1 Å². The summed E-state index contributed by atoms with van der Waals surface area (Å²) in [5, 5.41) is 0. The van der Waals surface area contributed by atoms with Crippen LogP contribution in [0, 0.1) is 0 Å². The van der Waals surface area contributed by atoms with Gasteiger partial charge in [-0.15, -0.1) is 0 Å². The topological polar surface area (TPSA) is 66.0 Å². The van der Waals surface area contributed by atoms with Crippen LogP contribution in [0.4, 0.5) is 0 Å². The van der Waals surface area contributed by atoms with Gasteiger partial charge in [0.2, 0.25) is 0 Å². The third-order valence-corrected chi connectivity index (χ3v) is 16.6. The summed E-state index contributed by atoms with van der Waals surface area (Å²) in [5.41, 5.74) is -1.47. The van der Waals surface area contributed by atoms with Crippen molar-refractivity contribution in [2.45, 2.75) is 10.1 Å². The number of aromatic nitrogens is 3. The lowest BCUT2D eigenvalue weighted by Gasteiger charge is -2.33. The molecule has 0 amide bonds. The van der Waals surface area contributed by atoms with Crippen molar-refractivity contribution in [3.05, 3.63) is 130 Å². The van der Waals surface area contributed by atoms with E-state index in [1.54, 1.807) is 54.6 Å². The summed E-state index contributed by atoms with van der Waals surface area (Å²) in [6.07, 6.45) is 0. The van der Waals surface area contributed by atoms with E-state index in [1.807, 2.05) is 0 Å². The molecule has 1 heterocycles. The number of nitrogens with zero attached hydrogens (tertiary/aromatic N) is 3. The van der Waals surface area contributed by atoms with E-state index in [1.165, 1.54) is 0 Å². The lowest BCUT2D eigenvalue weighted by atomic mass is 10.2. The molecule has 4 aromatic rings. The van der Waals surface area contributed by atoms with Crippen LogP contribution >= 0.6 is 191 Å². The van der Waals surface area contributed by atoms with Gasteiger partial charge in [-0.2, -0.15) is 0 Å². The quantitative estimate of drug-likeness (QED) is 0.181. The average molecular weight is 1350 g/mol. The summed E-state index contributed by atoms with van der Waals surface area (Å²) >= 11 is 42.6. The van der Waals surface area contributed by atoms with Gasteiger partial charge >= 0.3 is 17.1 Å². The highest BCUT2D eigenvalue weighted by Crippen LogP contribution is 2.47. The summed E-state index contributed by atoms with van der Waals surface area (Å²) < 4.78 is 1.49. The third-order valence-electron chi connectivity index (χ3n) is 5.82. The smallest absolute Gasteiger partial charge is 0.247 e. The van der Waals surface area contributed by atoms with Crippen LogP contribution in [0.3, 0.4) is 0 Å². The minimum Gasteiger partial charge on any atom is -0.247 e. The number of hydrogen-bond acceptors (Lipinski definition) is 3. The van der Waals surface area contributed by atoms with E-state index >= 15 is 0 Å². The maximum absolute atomic E-state index is 14.5. The molecule has 0 saturated heterocycles. The van der Waals surface area contributed by atoms with Crippen LogP contribution in [0.25, 0.3) is 0 Å². The standard InChI is InChI=1S/C24H9Br12N3O3/c25-13-7-1-4-10(16(13)28)22(31,32)37-19(40)38(23(33,34)11-5-2-8-14(26)17(11)29)21(42)39(20(37)41)24(35,36)12-6-3-9-15(27)18(12)30/h1-9H. The molecule has 0 aliphatic carbocycles. The second kappa shape index (κ2) is 13.7. The first-order valence-corrected chi connectivity index (χ1v) is 20.4. The van der Waals surface area contributed by atoms with Gasteiger partial charge in [0.05, 0.1) is 0 Å². The van der Waals surface area contributed by atoms with Crippen molar-refractivity contribution >= 4 is 191 Å². The number of rotatable bonds is 6. The van der Waals surface area contributed by atoms with Crippen LogP contribution in [0.15, 0.2) is 95.8 Å². The zero-order valence-electron chi connectivity index (χ0n) is 19.8. The molecule has 4 rings (SSSR count). The molecule has 1 aromatic heterocycles. The number of alkyl halides is 6. The highest BCUT2D eigenvalue weighted by atomic mass is 79.9. The Morgan fingerprint density at radius 2 is 0.619 bits per heavy atom. The molecule has 0 bridgehead atoms. The van der Waals surface area contributed by atoms with Gasteiger partial charge in [-0.05, 0) is 209 Å². The minimum atomic E-state index is -1.64. The Labute approximate surface area is 339 Å². The largest absolute Gasteiger partial charge is 0.340 e. The molecular weight excluding hydrogens is 1340 g/mol. The van der Waals surface area contributed by atoms with E-state index in [2.05, 4.69) is 191 Å². The molecule has 6 nitrogen and oxygen atoms in total. The SMILES string of the molecule is O=c1n(C(Br)(Br)c2cccc(Br)c2Br)c(=O)n(C(Br)(Br)c2cccc(Br)c2Br)c(=O)n1C(Br)(Br)c1cccc(Br)c1Br. The Morgan fingerprint density at radius 3 is 0.833 bits per heavy atom. The molecule has 222 valence electrons. The second-order valence-electron chi connectivity index (χ2n) is 8.28. The van der Waals surface area contributed by atoms with Crippen LogP contribution in [0.5, 0.6) is 0 Å². The predicted molar refractivity (Wildman–Crippen MR) is 210 cm³/mol. The number of benzene rings is 3. The summed E-state index contributed by atoms with van der Waals surface area (Å²) in [4.78, 5) is 43.4. The minimum absolute atomic E-state index is 0.463. The highest BCUT2D eigenvalue weighted by molar-refractivity contribution is 9.25. The van der Waals surface area contributed by atoms with Gasteiger partial charge in [-0.25, -0.2) is 28.1 Å². The molecule has 42 heavy (non-hydrogen) atoms. The fourth-order valence-electron chi connectivity index (χ4n) is 3.84. The molecule has 0 N–H and O–H groups in total. The molecule has 0 aliphatic heterocycles. The van der Waals surface area contributed by atoms with Gasteiger partial charge in [0, 0.05) is 43.5 Å². The molecule has 0 fully saturated rings. The maximum atomic E-state index is 14.5. The van der Waals surface area contributed by atoms with E-state index in [4.69, 9.17) is 0 Å². The van der Waals surface area contributed by atoms with Gasteiger partial charge in [-0.1, -0.05) is 36.4 Å². The third kappa shape index (κ3) is 6.47. The first-order valence-electron chi connectivity index (χ1n) is 10.9. The molecule has 0 saturated carbocycles. The lowest BCUT2D eigenvalue weighted by Crippen LogP contribution is -2.63. The van der Waals surface area contributed by atoms with E-state index < -0.39 is 27.1 Å². The zero-order valence-corrected chi connectivity index (χ0v) is 38.8. The summed E-state index contributed by atoms with van der Waals surface area (Å²) in [5.74, 6) is 0. The van der Waals surface area contributed by atoms with E-state index in [-0.39, 0.29) is 0 Å². The Bertz CT molecular complexity index is 1670. The van der Waals surface area contributed by atoms with Crippen LogP contribution < -0.4 is 17.1 Å². The fourth-order valence-corrected chi connectivity index (χ4v) is 12.0. The average Bonchev–Trinajstić information content (AvgIpc) is 2.87. The molecule has 0 atom stereocenters. The lowest BCUT2D eigenvalue weighted by molar-refractivity contribution is 0.459. The van der Waals surface area contributed by atoms with Crippen molar-refractivity contribution in [3.8, 4) is 0 Å². The molecule has 18 heteroatoms. The van der Waals surface area contributed by atoms with Crippen LogP contribution in [-0.4, -0.2) is 13.7 Å². The Balaban J connectivity index is 2.24. The van der Waals surface area contributed by atoms with Gasteiger partial charge in [0.1, 0.15) is 0 Å². The van der Waals surface area contributed by atoms with Crippen molar-refractivity contribution in [2.75, 3.05) is 0 Å². The van der Waals surface area contributed by atoms with Crippen LogP contribution in [0.2, 0.25) is 0 Å². The Kier molecular flexibility index (Phi) is 12.0. The van der Waals surface area contributed by atoms with Crippen molar-refractivity contribution in [1.82, 2.24) is 13.7 Å². The van der Waals surface area contributed by atoms with Crippen molar-refractivity contribution in [2.24, 2.45) is 0 Å². The maximum Gasteiger partial charge on any atom is 0.340 e. The normalized spacial score (nSPS) is 12.6. The van der Waals surface area contributed by atoms with Crippen molar-refractivity contribution < 1.29 is 0 Å². The van der Waals surface area contributed by atoms with Crippen LogP contribution in [0.1, 0.15) is 16.7 Å². The Hall–Kier alpha value is 1.83. The molecule has 0 aliphatic rings. The first kappa shape index (κ1) is 36.7. The number of halogens is 12. The molecule has 0 unspecified atom stereocenters. The van der Waals surface area contributed by atoms with Gasteiger partial charge < -0.3 is 0 Å². The molecule has 0 radical (unpaired) electrons. The first-order chi connectivity index (χ1) is 19.4. The van der Waals surface area contributed by atoms with Crippen molar-refractivity contribution in [1.29, 1.82) is 0 Å². The van der Waals surface area contributed by atoms with E-state index in [9.17, 15) is 14.4 Å². The summed E-state index contributed by atoms with van der Waals surface area (Å²) in [6.45, 7) is 0. The van der Waals surface area contributed by atoms with Gasteiger partial charge in [0.15, 0.2) is 10.1 Å². The predicted octanol–water partition coefficient (Wildman–Crippen LogP) is 11.1. The Morgan fingerprint density at radius 1 is 0.405 bits per heavy atom. The molecule has 3 aromatic carbocycles. The number of hydrogen-bond donors (Lipinski definition) is 0. The molecular formula is C24H9Br12N3O3. The fraction of sp³-hybridized carbons (Fsp3) is 0.125. The van der Waals surface area contributed by atoms with Gasteiger partial charge in [-0.3, -0.25) is 0 Å². The molecule has 0 spiro atoms.